The zero-order valence-electron chi connectivity index (χ0n) is 14.5. The third kappa shape index (κ3) is 3.11. The monoisotopic (exact) mass is 341 g/mol. The van der Waals surface area contributed by atoms with Crippen molar-refractivity contribution in [3.05, 3.63) is 41.0 Å². The predicted octanol–water partition coefficient (Wildman–Crippen LogP) is 1.54. The number of hydrogen-bond acceptors (Lipinski definition) is 5. The molecule has 0 aromatic carbocycles. The van der Waals surface area contributed by atoms with Gasteiger partial charge >= 0.3 is 0 Å². The van der Waals surface area contributed by atoms with Crippen LogP contribution in [0, 0.1) is 6.92 Å². The van der Waals surface area contributed by atoms with Crippen molar-refractivity contribution in [2.45, 2.75) is 26.4 Å². The van der Waals surface area contributed by atoms with Crippen LogP contribution in [0.25, 0.3) is 0 Å². The zero-order chi connectivity index (χ0) is 17.2. The summed E-state index contributed by atoms with van der Waals surface area (Å²) in [5.74, 6) is 0.0105. The number of H-pyrrole nitrogens is 1. The number of amides is 1. The molecule has 2 aromatic rings. The third-order valence-electron chi connectivity index (χ3n) is 5.01. The molecule has 132 valence electrons. The number of nitrogens with one attached hydrogen (secondary N) is 1. The second-order valence-corrected chi connectivity index (χ2v) is 6.63. The van der Waals surface area contributed by atoms with E-state index < -0.39 is 0 Å². The number of pyridine rings is 1. The smallest absolute Gasteiger partial charge is 0.274 e. The van der Waals surface area contributed by atoms with Gasteiger partial charge in [-0.25, -0.2) is 0 Å². The highest BCUT2D eigenvalue weighted by atomic mass is 16.5. The van der Waals surface area contributed by atoms with E-state index >= 15 is 0 Å². The van der Waals surface area contributed by atoms with E-state index in [2.05, 4.69) is 27.0 Å². The van der Waals surface area contributed by atoms with Crippen molar-refractivity contribution < 1.29 is 9.53 Å². The fourth-order valence-electron chi connectivity index (χ4n) is 3.62. The molecule has 4 heterocycles. The van der Waals surface area contributed by atoms with Crippen molar-refractivity contribution in [2.75, 3.05) is 37.7 Å². The van der Waals surface area contributed by atoms with Gasteiger partial charge in [0, 0.05) is 61.9 Å². The van der Waals surface area contributed by atoms with E-state index in [4.69, 9.17) is 4.74 Å². The van der Waals surface area contributed by atoms with Crippen LogP contribution in [-0.2, 0) is 17.8 Å². The van der Waals surface area contributed by atoms with Crippen LogP contribution in [0.4, 0.5) is 5.69 Å². The Kier molecular flexibility index (Phi) is 4.40. The van der Waals surface area contributed by atoms with Crippen LogP contribution >= 0.6 is 0 Å². The lowest BCUT2D eigenvalue weighted by atomic mass is 10.1. The lowest BCUT2D eigenvalue weighted by molar-refractivity contribution is 0.0747. The van der Waals surface area contributed by atoms with Crippen LogP contribution in [0.5, 0.6) is 0 Å². The molecule has 1 fully saturated rings. The summed E-state index contributed by atoms with van der Waals surface area (Å²) >= 11 is 0. The number of aryl methyl sites for hydroxylation is 1. The fourth-order valence-corrected chi connectivity index (χ4v) is 3.62. The van der Waals surface area contributed by atoms with Gasteiger partial charge in [0.1, 0.15) is 0 Å². The summed E-state index contributed by atoms with van der Waals surface area (Å²) in [5.41, 5.74) is 4.87. The highest BCUT2D eigenvalue weighted by Gasteiger charge is 2.27. The van der Waals surface area contributed by atoms with E-state index in [9.17, 15) is 4.79 Å². The second kappa shape index (κ2) is 6.84. The molecule has 7 nitrogen and oxygen atoms in total. The third-order valence-corrected chi connectivity index (χ3v) is 5.01. The number of aromatic nitrogens is 3. The molecule has 0 spiro atoms. The molecule has 1 amide bonds. The molecule has 1 N–H and O–H groups in total. The average molecular weight is 341 g/mol. The van der Waals surface area contributed by atoms with Gasteiger partial charge in [-0.3, -0.25) is 14.9 Å². The molecule has 2 aliphatic rings. The van der Waals surface area contributed by atoms with E-state index in [0.29, 0.717) is 25.5 Å². The number of rotatable bonds is 2. The summed E-state index contributed by atoms with van der Waals surface area (Å²) in [6.07, 6.45) is 5.45. The van der Waals surface area contributed by atoms with Crippen molar-refractivity contribution in [3.8, 4) is 0 Å². The van der Waals surface area contributed by atoms with Crippen molar-refractivity contribution in [1.29, 1.82) is 0 Å². The van der Waals surface area contributed by atoms with E-state index in [0.717, 1.165) is 43.7 Å². The number of anilines is 1. The number of ether oxygens (including phenoxy) is 1. The first-order chi connectivity index (χ1) is 12.2. The summed E-state index contributed by atoms with van der Waals surface area (Å²) in [6.45, 7) is 6.45. The maximum absolute atomic E-state index is 13.0. The normalized spacial score (nSPS) is 18.0. The van der Waals surface area contributed by atoms with Crippen LogP contribution in [0.1, 0.15) is 33.7 Å². The minimum absolute atomic E-state index is 0.0105. The predicted molar refractivity (Wildman–Crippen MR) is 93.7 cm³/mol. The standard InChI is InChI=1S/C18H23N5O2/c1-13-11-19-5-3-16(13)22-6-2-7-23(9-8-22)18(24)17-14-12-25-10-4-15(14)20-21-17/h3,5,11H,2,4,6-10,12H2,1H3,(H,20,21). The minimum atomic E-state index is 0.0105. The highest BCUT2D eigenvalue weighted by molar-refractivity contribution is 5.94. The van der Waals surface area contributed by atoms with Crippen molar-refractivity contribution in [2.24, 2.45) is 0 Å². The Morgan fingerprint density at radius 1 is 1.28 bits per heavy atom. The Balaban J connectivity index is 1.48. The summed E-state index contributed by atoms with van der Waals surface area (Å²) < 4.78 is 5.50. The molecule has 0 saturated carbocycles. The summed E-state index contributed by atoms with van der Waals surface area (Å²) in [6, 6.07) is 2.05. The first-order valence-electron chi connectivity index (χ1n) is 8.83. The number of hydrogen-bond donors (Lipinski definition) is 1. The van der Waals surface area contributed by atoms with E-state index in [1.807, 2.05) is 23.4 Å². The van der Waals surface area contributed by atoms with E-state index in [1.54, 1.807) is 0 Å². The molecular formula is C18H23N5O2. The molecule has 7 heteroatoms. The lowest BCUT2D eigenvalue weighted by Crippen LogP contribution is -2.36. The Hall–Kier alpha value is -2.41. The molecule has 0 atom stereocenters. The van der Waals surface area contributed by atoms with Gasteiger partial charge in [-0.2, -0.15) is 5.10 Å². The van der Waals surface area contributed by atoms with Gasteiger partial charge in [-0.1, -0.05) is 0 Å². The SMILES string of the molecule is Cc1cnccc1N1CCCN(C(=O)c2n[nH]c3c2COCC3)CC1. The number of carbonyl (C=O) groups excluding carboxylic acids is 1. The Labute approximate surface area is 147 Å². The van der Waals surface area contributed by atoms with Crippen LogP contribution < -0.4 is 4.90 Å². The number of fused-ring (bicyclic) bond motifs is 1. The van der Waals surface area contributed by atoms with Gasteiger partial charge in [-0.15, -0.1) is 0 Å². The van der Waals surface area contributed by atoms with Gasteiger partial charge in [-0.05, 0) is 25.0 Å². The number of aromatic amines is 1. The van der Waals surface area contributed by atoms with Gasteiger partial charge in [0.15, 0.2) is 5.69 Å². The molecule has 25 heavy (non-hydrogen) atoms. The van der Waals surface area contributed by atoms with Crippen LogP contribution in [-0.4, -0.2) is 58.8 Å². The molecule has 1 saturated heterocycles. The van der Waals surface area contributed by atoms with Crippen LogP contribution in [0.15, 0.2) is 18.5 Å². The summed E-state index contributed by atoms with van der Waals surface area (Å²) in [4.78, 5) is 21.4. The van der Waals surface area contributed by atoms with Gasteiger partial charge in [0.05, 0.1) is 13.2 Å². The number of carbonyl (C=O) groups is 1. The van der Waals surface area contributed by atoms with Gasteiger partial charge < -0.3 is 14.5 Å². The quantitative estimate of drug-likeness (QED) is 0.897. The summed E-state index contributed by atoms with van der Waals surface area (Å²) in [7, 11) is 0. The minimum Gasteiger partial charge on any atom is -0.376 e. The molecule has 0 aliphatic carbocycles. The maximum atomic E-state index is 13.0. The first kappa shape index (κ1) is 16.1. The molecule has 2 aliphatic heterocycles. The van der Waals surface area contributed by atoms with Crippen LogP contribution in [0.2, 0.25) is 0 Å². The average Bonchev–Trinajstić information content (AvgIpc) is 2.91. The van der Waals surface area contributed by atoms with Crippen molar-refractivity contribution in [3.63, 3.8) is 0 Å². The topological polar surface area (TPSA) is 74.4 Å². The van der Waals surface area contributed by atoms with Gasteiger partial charge in [0.25, 0.3) is 5.91 Å². The number of nitrogens with zero attached hydrogens (tertiary/aromatic N) is 4. The zero-order valence-corrected chi connectivity index (χ0v) is 14.5. The molecule has 0 unspecified atom stereocenters. The second-order valence-electron chi connectivity index (χ2n) is 6.63. The molecule has 0 bridgehead atoms. The molecule has 2 aromatic heterocycles. The highest BCUT2D eigenvalue weighted by Crippen LogP contribution is 2.22. The van der Waals surface area contributed by atoms with Crippen molar-refractivity contribution in [1.82, 2.24) is 20.1 Å². The largest absolute Gasteiger partial charge is 0.376 e. The van der Waals surface area contributed by atoms with E-state index in [1.165, 1.54) is 11.3 Å². The Morgan fingerprint density at radius 2 is 2.20 bits per heavy atom. The molecule has 4 rings (SSSR count). The molecule has 0 radical (unpaired) electrons. The Bertz CT molecular complexity index is 773. The molecular weight excluding hydrogens is 318 g/mol. The first-order valence-corrected chi connectivity index (χ1v) is 8.83. The maximum Gasteiger partial charge on any atom is 0.274 e. The lowest BCUT2D eigenvalue weighted by Gasteiger charge is -2.25. The fraction of sp³-hybridized carbons (Fsp3) is 0.500. The Morgan fingerprint density at radius 3 is 3.08 bits per heavy atom. The van der Waals surface area contributed by atoms with E-state index in [-0.39, 0.29) is 5.91 Å². The van der Waals surface area contributed by atoms with Gasteiger partial charge in [0.2, 0.25) is 0 Å². The van der Waals surface area contributed by atoms with Crippen molar-refractivity contribution >= 4 is 11.6 Å². The summed E-state index contributed by atoms with van der Waals surface area (Å²) in [5, 5.41) is 7.29. The van der Waals surface area contributed by atoms with Crippen LogP contribution in [0.3, 0.4) is 0 Å².